The smallest absolute Gasteiger partial charge is 0.126 e. The number of piperidine rings is 1. The highest BCUT2D eigenvalue weighted by molar-refractivity contribution is 5.30. The van der Waals surface area contributed by atoms with Crippen molar-refractivity contribution < 1.29 is 4.39 Å². The van der Waals surface area contributed by atoms with E-state index in [0.29, 0.717) is 5.92 Å². The summed E-state index contributed by atoms with van der Waals surface area (Å²) >= 11 is 0. The summed E-state index contributed by atoms with van der Waals surface area (Å²) in [5.41, 5.74) is 2.14. The highest BCUT2D eigenvalue weighted by atomic mass is 19.1. The van der Waals surface area contributed by atoms with Crippen molar-refractivity contribution in [3.05, 3.63) is 35.1 Å². The Hall–Kier alpha value is -0.890. The van der Waals surface area contributed by atoms with E-state index in [-0.39, 0.29) is 11.7 Å². The largest absolute Gasteiger partial charge is 0.316 e. The molecule has 2 heteroatoms. The maximum atomic E-state index is 13.6. The molecule has 88 valence electrons. The molecule has 0 spiro atoms. The first kappa shape index (κ1) is 11.6. The van der Waals surface area contributed by atoms with Gasteiger partial charge in [0.2, 0.25) is 0 Å². The van der Waals surface area contributed by atoms with Crippen molar-refractivity contribution in [3.63, 3.8) is 0 Å². The standard InChI is InChI=1S/C14H20FN/c1-10(2)13-8-11(5-6-14(13)15)12-4-3-7-16-9-12/h5-6,8,10,12,16H,3-4,7,9H2,1-2H3. The highest BCUT2D eigenvalue weighted by Gasteiger charge is 2.17. The lowest BCUT2D eigenvalue weighted by Gasteiger charge is -2.24. The fraction of sp³-hybridized carbons (Fsp3) is 0.571. The number of hydrogen-bond donors (Lipinski definition) is 1. The van der Waals surface area contributed by atoms with Gasteiger partial charge in [-0.3, -0.25) is 0 Å². The third kappa shape index (κ3) is 2.43. The van der Waals surface area contributed by atoms with Crippen LogP contribution in [0.25, 0.3) is 0 Å². The van der Waals surface area contributed by atoms with Crippen LogP contribution in [-0.4, -0.2) is 13.1 Å². The molecular weight excluding hydrogens is 201 g/mol. The van der Waals surface area contributed by atoms with Gasteiger partial charge in [0.25, 0.3) is 0 Å². The Bertz CT molecular complexity index is 354. The Balaban J connectivity index is 2.24. The van der Waals surface area contributed by atoms with Crippen LogP contribution in [0.15, 0.2) is 18.2 Å². The van der Waals surface area contributed by atoms with Gasteiger partial charge >= 0.3 is 0 Å². The predicted molar refractivity (Wildman–Crippen MR) is 65.3 cm³/mol. The van der Waals surface area contributed by atoms with E-state index in [2.05, 4.69) is 11.4 Å². The first-order chi connectivity index (χ1) is 7.68. The molecule has 0 radical (unpaired) electrons. The van der Waals surface area contributed by atoms with Crippen molar-refractivity contribution in [2.45, 2.75) is 38.5 Å². The minimum absolute atomic E-state index is 0.0671. The molecule has 0 amide bonds. The van der Waals surface area contributed by atoms with E-state index >= 15 is 0 Å². The third-order valence-electron chi connectivity index (χ3n) is 3.41. The fourth-order valence-electron chi connectivity index (χ4n) is 2.39. The number of halogens is 1. The van der Waals surface area contributed by atoms with E-state index in [1.54, 1.807) is 6.07 Å². The van der Waals surface area contributed by atoms with Crippen molar-refractivity contribution in [3.8, 4) is 0 Å². The van der Waals surface area contributed by atoms with Gasteiger partial charge in [-0.25, -0.2) is 4.39 Å². The maximum Gasteiger partial charge on any atom is 0.126 e. The Morgan fingerprint density at radius 2 is 2.19 bits per heavy atom. The van der Waals surface area contributed by atoms with Crippen molar-refractivity contribution in [2.75, 3.05) is 13.1 Å². The average Bonchev–Trinajstić information content (AvgIpc) is 2.30. The van der Waals surface area contributed by atoms with Gasteiger partial charge in [-0.1, -0.05) is 26.0 Å². The van der Waals surface area contributed by atoms with E-state index in [0.717, 1.165) is 18.7 Å². The molecule has 1 heterocycles. The summed E-state index contributed by atoms with van der Waals surface area (Å²) in [5, 5.41) is 3.40. The molecule has 1 aromatic rings. The summed E-state index contributed by atoms with van der Waals surface area (Å²) in [6.45, 7) is 6.24. The molecule has 1 fully saturated rings. The Morgan fingerprint density at radius 3 is 2.81 bits per heavy atom. The second-order valence-electron chi connectivity index (χ2n) is 4.98. The van der Waals surface area contributed by atoms with E-state index in [4.69, 9.17) is 0 Å². The van der Waals surface area contributed by atoms with Gasteiger partial charge in [0, 0.05) is 6.54 Å². The minimum Gasteiger partial charge on any atom is -0.316 e. The second-order valence-corrected chi connectivity index (χ2v) is 4.98. The summed E-state index contributed by atoms with van der Waals surface area (Å²) < 4.78 is 13.6. The van der Waals surface area contributed by atoms with Gasteiger partial charge < -0.3 is 5.32 Å². The molecule has 0 aliphatic carbocycles. The molecule has 1 nitrogen and oxygen atoms in total. The van der Waals surface area contributed by atoms with Crippen LogP contribution in [0.1, 0.15) is 49.7 Å². The van der Waals surface area contributed by atoms with Gasteiger partial charge in [-0.15, -0.1) is 0 Å². The number of rotatable bonds is 2. The monoisotopic (exact) mass is 221 g/mol. The topological polar surface area (TPSA) is 12.0 Å². The van der Waals surface area contributed by atoms with Crippen molar-refractivity contribution in [1.82, 2.24) is 5.32 Å². The number of nitrogens with one attached hydrogen (secondary N) is 1. The van der Waals surface area contributed by atoms with Crippen LogP contribution in [0.5, 0.6) is 0 Å². The van der Waals surface area contributed by atoms with Crippen LogP contribution < -0.4 is 5.32 Å². The molecule has 1 unspecified atom stereocenters. The van der Waals surface area contributed by atoms with E-state index in [9.17, 15) is 4.39 Å². The first-order valence-electron chi connectivity index (χ1n) is 6.18. The molecule has 1 saturated heterocycles. The predicted octanol–water partition coefficient (Wildman–Crippen LogP) is 3.42. The van der Waals surface area contributed by atoms with E-state index < -0.39 is 0 Å². The second kappa shape index (κ2) is 4.96. The zero-order chi connectivity index (χ0) is 11.5. The van der Waals surface area contributed by atoms with Gasteiger partial charge in [-0.05, 0) is 48.4 Å². The zero-order valence-electron chi connectivity index (χ0n) is 10.1. The molecule has 16 heavy (non-hydrogen) atoms. The lowest BCUT2D eigenvalue weighted by molar-refractivity contribution is 0.460. The molecule has 2 rings (SSSR count). The molecule has 1 aliphatic heterocycles. The van der Waals surface area contributed by atoms with Gasteiger partial charge in [0.15, 0.2) is 0 Å². The number of hydrogen-bond acceptors (Lipinski definition) is 1. The lowest BCUT2D eigenvalue weighted by Crippen LogP contribution is -2.28. The molecule has 0 bridgehead atoms. The quantitative estimate of drug-likeness (QED) is 0.807. The average molecular weight is 221 g/mol. The summed E-state index contributed by atoms with van der Waals surface area (Å²) in [5.74, 6) is 0.755. The van der Waals surface area contributed by atoms with Crippen LogP contribution in [0.3, 0.4) is 0 Å². The molecule has 0 aromatic heterocycles. The Morgan fingerprint density at radius 1 is 1.38 bits per heavy atom. The number of benzene rings is 1. The molecular formula is C14H20FN. The van der Waals surface area contributed by atoms with Crippen LogP contribution in [0.2, 0.25) is 0 Å². The van der Waals surface area contributed by atoms with E-state index in [1.807, 2.05) is 19.9 Å². The van der Waals surface area contributed by atoms with Gasteiger partial charge in [0.05, 0.1) is 0 Å². The molecule has 0 saturated carbocycles. The zero-order valence-corrected chi connectivity index (χ0v) is 10.1. The van der Waals surface area contributed by atoms with Crippen LogP contribution >= 0.6 is 0 Å². The van der Waals surface area contributed by atoms with E-state index in [1.165, 1.54) is 18.4 Å². The molecule has 1 atom stereocenters. The molecule has 1 aromatic carbocycles. The third-order valence-corrected chi connectivity index (χ3v) is 3.41. The Kier molecular flexibility index (Phi) is 3.59. The Labute approximate surface area is 97.1 Å². The minimum atomic E-state index is -0.0671. The van der Waals surface area contributed by atoms with Crippen LogP contribution in [0, 0.1) is 5.82 Å². The van der Waals surface area contributed by atoms with Crippen molar-refractivity contribution in [1.29, 1.82) is 0 Å². The van der Waals surface area contributed by atoms with Crippen LogP contribution in [-0.2, 0) is 0 Å². The normalized spacial score (nSPS) is 21.4. The summed E-state index contributed by atoms with van der Waals surface area (Å²) in [6, 6.07) is 5.62. The summed E-state index contributed by atoms with van der Waals surface area (Å²) in [6.07, 6.45) is 2.44. The maximum absolute atomic E-state index is 13.6. The molecule has 1 aliphatic rings. The van der Waals surface area contributed by atoms with Crippen molar-refractivity contribution >= 4 is 0 Å². The first-order valence-corrected chi connectivity index (χ1v) is 6.18. The van der Waals surface area contributed by atoms with Crippen molar-refractivity contribution in [2.24, 2.45) is 0 Å². The highest BCUT2D eigenvalue weighted by Crippen LogP contribution is 2.27. The summed E-state index contributed by atoms with van der Waals surface area (Å²) in [7, 11) is 0. The van der Waals surface area contributed by atoms with Gasteiger partial charge in [0.1, 0.15) is 5.82 Å². The molecule has 1 N–H and O–H groups in total. The SMILES string of the molecule is CC(C)c1cc(C2CCCNC2)ccc1F. The lowest BCUT2D eigenvalue weighted by atomic mass is 9.89. The van der Waals surface area contributed by atoms with Gasteiger partial charge in [-0.2, -0.15) is 0 Å². The fourth-order valence-corrected chi connectivity index (χ4v) is 2.39. The van der Waals surface area contributed by atoms with Crippen LogP contribution in [0.4, 0.5) is 4.39 Å². The summed E-state index contributed by atoms with van der Waals surface area (Å²) in [4.78, 5) is 0.